The van der Waals surface area contributed by atoms with Crippen LogP contribution in [0.4, 0.5) is 8.78 Å². The molecule has 1 amide bonds. The number of hydrogen-bond acceptors (Lipinski definition) is 3. The average molecular weight is 430 g/mol. The van der Waals surface area contributed by atoms with E-state index in [1.807, 2.05) is 42.5 Å². The summed E-state index contributed by atoms with van der Waals surface area (Å²) in [5.41, 5.74) is 0.926. The maximum atomic E-state index is 13.5. The van der Waals surface area contributed by atoms with Crippen molar-refractivity contribution < 1.29 is 22.0 Å². The van der Waals surface area contributed by atoms with E-state index in [9.17, 15) is 22.0 Å². The smallest absolute Gasteiger partial charge is 0.243 e. The van der Waals surface area contributed by atoms with Gasteiger partial charge in [-0.2, -0.15) is 4.31 Å². The molecule has 0 radical (unpaired) electrons. The van der Waals surface area contributed by atoms with E-state index in [1.165, 1.54) is 4.31 Å². The van der Waals surface area contributed by atoms with Crippen molar-refractivity contribution in [3.05, 3.63) is 77.9 Å². The van der Waals surface area contributed by atoms with Crippen LogP contribution in [0.2, 0.25) is 0 Å². The third kappa shape index (κ3) is 3.93. The Bertz CT molecular complexity index is 1200. The largest absolute Gasteiger partial charge is 0.340 e. The van der Waals surface area contributed by atoms with Gasteiger partial charge in [-0.15, -0.1) is 0 Å². The van der Waals surface area contributed by atoms with E-state index in [1.54, 1.807) is 4.90 Å². The van der Waals surface area contributed by atoms with Gasteiger partial charge in [-0.05, 0) is 34.5 Å². The number of carbonyl (C=O) groups excluding carboxylic acids is 1. The molecule has 0 saturated carbocycles. The normalized spacial score (nSPS) is 15.5. The van der Waals surface area contributed by atoms with E-state index in [4.69, 9.17) is 0 Å². The van der Waals surface area contributed by atoms with Gasteiger partial charge in [-0.1, -0.05) is 42.5 Å². The summed E-state index contributed by atoms with van der Waals surface area (Å²) >= 11 is 0. The van der Waals surface area contributed by atoms with Crippen molar-refractivity contribution in [1.29, 1.82) is 0 Å². The number of amides is 1. The maximum Gasteiger partial charge on any atom is 0.243 e. The molecule has 0 aromatic heterocycles. The molecule has 156 valence electrons. The Kier molecular flexibility index (Phi) is 5.53. The Morgan fingerprint density at radius 1 is 0.867 bits per heavy atom. The molecule has 8 heteroatoms. The van der Waals surface area contributed by atoms with Gasteiger partial charge in [0.2, 0.25) is 15.9 Å². The SMILES string of the molecule is O=C(Cc1cccc2ccccc12)N1CCN(S(=O)(=O)c2ccc(F)c(F)c2)CC1. The molecule has 3 aromatic carbocycles. The van der Waals surface area contributed by atoms with E-state index in [2.05, 4.69) is 0 Å². The fourth-order valence-electron chi connectivity index (χ4n) is 3.69. The summed E-state index contributed by atoms with van der Waals surface area (Å²) < 4.78 is 53.2. The first kappa shape index (κ1) is 20.4. The molecule has 0 atom stereocenters. The lowest BCUT2D eigenvalue weighted by Crippen LogP contribution is -2.50. The second-order valence-electron chi connectivity index (χ2n) is 7.18. The third-order valence-electron chi connectivity index (χ3n) is 5.34. The molecule has 0 spiro atoms. The fraction of sp³-hybridized carbons (Fsp3) is 0.227. The molecule has 0 unspecified atom stereocenters. The van der Waals surface area contributed by atoms with Crippen LogP contribution in [0.25, 0.3) is 10.8 Å². The first-order chi connectivity index (χ1) is 14.4. The summed E-state index contributed by atoms with van der Waals surface area (Å²) in [6, 6.07) is 16.2. The lowest BCUT2D eigenvalue weighted by molar-refractivity contribution is -0.131. The van der Waals surface area contributed by atoms with Gasteiger partial charge in [0.1, 0.15) is 0 Å². The van der Waals surface area contributed by atoms with Gasteiger partial charge in [-0.25, -0.2) is 17.2 Å². The van der Waals surface area contributed by atoms with Crippen molar-refractivity contribution in [2.45, 2.75) is 11.3 Å². The molecule has 1 saturated heterocycles. The topological polar surface area (TPSA) is 57.7 Å². The summed E-state index contributed by atoms with van der Waals surface area (Å²) in [7, 11) is -3.95. The Labute approximate surface area is 173 Å². The molecule has 4 rings (SSSR count). The van der Waals surface area contributed by atoms with Crippen molar-refractivity contribution in [1.82, 2.24) is 9.21 Å². The molecule has 0 aliphatic carbocycles. The van der Waals surface area contributed by atoms with Crippen molar-refractivity contribution in [3.63, 3.8) is 0 Å². The van der Waals surface area contributed by atoms with Crippen LogP contribution in [0.1, 0.15) is 5.56 Å². The number of sulfonamides is 1. The van der Waals surface area contributed by atoms with Gasteiger partial charge in [-0.3, -0.25) is 4.79 Å². The molecule has 1 fully saturated rings. The highest BCUT2D eigenvalue weighted by Crippen LogP contribution is 2.22. The Balaban J connectivity index is 1.43. The molecule has 1 aliphatic heterocycles. The standard InChI is InChI=1S/C22H20F2N2O3S/c23-20-9-8-18(15-21(20)24)30(28,29)26-12-10-25(11-13-26)22(27)14-17-6-3-5-16-4-1-2-7-19(16)17/h1-9,15H,10-14H2. The Morgan fingerprint density at radius 3 is 2.30 bits per heavy atom. The van der Waals surface area contributed by atoms with Crippen LogP contribution < -0.4 is 0 Å². The maximum absolute atomic E-state index is 13.5. The molecule has 3 aromatic rings. The van der Waals surface area contributed by atoms with Crippen LogP contribution in [-0.2, 0) is 21.2 Å². The molecule has 0 N–H and O–H groups in total. The average Bonchev–Trinajstić information content (AvgIpc) is 2.76. The van der Waals surface area contributed by atoms with E-state index in [0.29, 0.717) is 6.07 Å². The third-order valence-corrected chi connectivity index (χ3v) is 7.24. The zero-order chi connectivity index (χ0) is 21.3. The predicted octanol–water partition coefficient (Wildman–Crippen LogP) is 3.19. The Hall–Kier alpha value is -2.84. The number of rotatable bonds is 4. The fourth-order valence-corrected chi connectivity index (χ4v) is 5.12. The quantitative estimate of drug-likeness (QED) is 0.639. The molecule has 1 heterocycles. The summed E-state index contributed by atoms with van der Waals surface area (Å²) in [5, 5.41) is 2.08. The van der Waals surface area contributed by atoms with Gasteiger partial charge in [0.25, 0.3) is 0 Å². The lowest BCUT2D eigenvalue weighted by atomic mass is 10.0. The van der Waals surface area contributed by atoms with Crippen LogP contribution in [0, 0.1) is 11.6 Å². The van der Waals surface area contributed by atoms with E-state index >= 15 is 0 Å². The number of carbonyl (C=O) groups is 1. The summed E-state index contributed by atoms with van der Waals surface area (Å²) in [4.78, 5) is 14.1. The number of nitrogens with zero attached hydrogens (tertiary/aromatic N) is 2. The number of fused-ring (bicyclic) bond motifs is 1. The highest BCUT2D eigenvalue weighted by Gasteiger charge is 2.30. The highest BCUT2D eigenvalue weighted by molar-refractivity contribution is 7.89. The van der Waals surface area contributed by atoms with Crippen molar-refractivity contribution in [3.8, 4) is 0 Å². The van der Waals surface area contributed by atoms with Gasteiger partial charge >= 0.3 is 0 Å². The van der Waals surface area contributed by atoms with Gasteiger partial charge in [0.15, 0.2) is 11.6 Å². The van der Waals surface area contributed by atoms with Crippen molar-refractivity contribution >= 4 is 26.7 Å². The minimum atomic E-state index is -3.95. The molecule has 5 nitrogen and oxygen atoms in total. The second-order valence-corrected chi connectivity index (χ2v) is 9.11. The van der Waals surface area contributed by atoms with Gasteiger partial charge < -0.3 is 4.90 Å². The van der Waals surface area contributed by atoms with E-state index in [-0.39, 0.29) is 43.4 Å². The minimum absolute atomic E-state index is 0.0729. The second kappa shape index (κ2) is 8.12. The van der Waals surface area contributed by atoms with Crippen LogP contribution in [0.3, 0.4) is 0 Å². The number of hydrogen-bond donors (Lipinski definition) is 0. The molecular formula is C22H20F2N2O3S. The zero-order valence-electron chi connectivity index (χ0n) is 16.1. The van der Waals surface area contributed by atoms with Gasteiger partial charge in [0, 0.05) is 26.2 Å². The van der Waals surface area contributed by atoms with Crippen LogP contribution in [0.5, 0.6) is 0 Å². The summed E-state index contributed by atoms with van der Waals surface area (Å²) in [5.74, 6) is -2.38. The molecule has 30 heavy (non-hydrogen) atoms. The summed E-state index contributed by atoms with van der Waals surface area (Å²) in [6.07, 6.45) is 0.233. The van der Waals surface area contributed by atoms with Crippen LogP contribution in [-0.4, -0.2) is 49.7 Å². The Morgan fingerprint density at radius 2 is 1.57 bits per heavy atom. The van der Waals surface area contributed by atoms with Crippen molar-refractivity contribution in [2.75, 3.05) is 26.2 Å². The number of halogens is 2. The van der Waals surface area contributed by atoms with E-state index in [0.717, 1.165) is 28.5 Å². The first-order valence-electron chi connectivity index (χ1n) is 9.56. The molecule has 0 bridgehead atoms. The van der Waals surface area contributed by atoms with Crippen LogP contribution in [0.15, 0.2) is 65.6 Å². The first-order valence-corrected chi connectivity index (χ1v) is 11.0. The van der Waals surface area contributed by atoms with Crippen molar-refractivity contribution in [2.24, 2.45) is 0 Å². The molecular weight excluding hydrogens is 410 g/mol. The number of benzene rings is 3. The predicted molar refractivity (Wildman–Crippen MR) is 109 cm³/mol. The highest BCUT2D eigenvalue weighted by atomic mass is 32.2. The molecule has 1 aliphatic rings. The summed E-state index contributed by atoms with van der Waals surface area (Å²) in [6.45, 7) is 0.685. The van der Waals surface area contributed by atoms with Gasteiger partial charge in [0.05, 0.1) is 11.3 Å². The minimum Gasteiger partial charge on any atom is -0.340 e. The van der Waals surface area contributed by atoms with E-state index < -0.39 is 21.7 Å². The van der Waals surface area contributed by atoms with Crippen LogP contribution >= 0.6 is 0 Å². The lowest BCUT2D eigenvalue weighted by Gasteiger charge is -2.34. The zero-order valence-corrected chi connectivity index (χ0v) is 16.9. The number of piperazine rings is 1. The monoisotopic (exact) mass is 430 g/mol.